The predicted octanol–water partition coefficient (Wildman–Crippen LogP) is 1.25. The lowest BCUT2D eigenvalue weighted by molar-refractivity contribution is 0.602. The first-order chi connectivity index (χ1) is 9.59. The van der Waals surface area contributed by atoms with Crippen LogP contribution in [-0.2, 0) is 16.6 Å². The third-order valence-electron chi connectivity index (χ3n) is 2.48. The number of nitrogens with zero attached hydrogens (tertiary/aromatic N) is 3. The molecule has 0 aromatic carbocycles. The first kappa shape index (κ1) is 14.2. The number of hydrogen-bond donors (Lipinski definition) is 2. The maximum absolute atomic E-state index is 11.4. The summed E-state index contributed by atoms with van der Waals surface area (Å²) in [6.45, 7) is 2.08. The number of pyridine rings is 1. The Labute approximate surface area is 117 Å². The van der Waals surface area contributed by atoms with E-state index in [0.717, 1.165) is 5.69 Å². The van der Waals surface area contributed by atoms with Crippen molar-refractivity contribution in [1.82, 2.24) is 15.2 Å². The molecule has 106 valence electrons. The normalized spacial score (nSPS) is 11.1. The third-order valence-corrected chi connectivity index (χ3v) is 3.76. The molecule has 7 nitrogen and oxygen atoms in total. The van der Waals surface area contributed by atoms with E-state index in [2.05, 4.69) is 25.2 Å². The summed E-state index contributed by atoms with van der Waals surface area (Å²) in [5.74, 6) is 0.749. The Morgan fingerprint density at radius 2 is 1.85 bits per heavy atom. The Bertz CT molecular complexity index is 643. The van der Waals surface area contributed by atoms with E-state index in [0.29, 0.717) is 12.4 Å². The van der Waals surface area contributed by atoms with Gasteiger partial charge in [0, 0.05) is 6.20 Å². The fourth-order valence-electron chi connectivity index (χ4n) is 1.40. The Kier molecular flexibility index (Phi) is 4.46. The Balaban J connectivity index is 1.95. The second-order valence-corrected chi connectivity index (χ2v) is 5.99. The van der Waals surface area contributed by atoms with Crippen LogP contribution in [0.3, 0.4) is 0 Å². The van der Waals surface area contributed by atoms with E-state index in [1.807, 2.05) is 18.2 Å². The maximum Gasteiger partial charge on any atom is 0.233 e. The molecule has 2 heterocycles. The number of nitrogens with one attached hydrogen (secondary N) is 2. The number of aromatic nitrogens is 3. The standard InChI is InChI=1S/C12H15N5O2S/c1-2-20(18,19)17-12-7-6-11(15-16-12)14-9-10-5-3-4-8-13-10/h3-8H,2,9H2,1H3,(H,14,15)(H,16,17). The van der Waals surface area contributed by atoms with Gasteiger partial charge >= 0.3 is 0 Å². The lowest BCUT2D eigenvalue weighted by Gasteiger charge is -2.06. The smallest absolute Gasteiger partial charge is 0.233 e. The van der Waals surface area contributed by atoms with Crippen molar-refractivity contribution in [2.45, 2.75) is 13.5 Å². The molecule has 8 heteroatoms. The first-order valence-electron chi connectivity index (χ1n) is 6.07. The highest BCUT2D eigenvalue weighted by Gasteiger charge is 2.07. The summed E-state index contributed by atoms with van der Waals surface area (Å²) >= 11 is 0. The Morgan fingerprint density at radius 1 is 1.10 bits per heavy atom. The monoisotopic (exact) mass is 293 g/mol. The van der Waals surface area contributed by atoms with Gasteiger partial charge in [0.1, 0.15) is 5.82 Å². The molecule has 2 N–H and O–H groups in total. The lowest BCUT2D eigenvalue weighted by Crippen LogP contribution is -2.16. The van der Waals surface area contributed by atoms with Crippen LogP contribution in [-0.4, -0.2) is 29.4 Å². The highest BCUT2D eigenvalue weighted by Crippen LogP contribution is 2.08. The Hall–Kier alpha value is -2.22. The van der Waals surface area contributed by atoms with Crippen LogP contribution in [0.15, 0.2) is 36.5 Å². The largest absolute Gasteiger partial charge is 0.363 e. The van der Waals surface area contributed by atoms with E-state index in [1.165, 1.54) is 0 Å². The third kappa shape index (κ3) is 4.16. The number of sulfonamides is 1. The van der Waals surface area contributed by atoms with Crippen LogP contribution in [0, 0.1) is 0 Å². The summed E-state index contributed by atoms with van der Waals surface area (Å²) in [7, 11) is -3.32. The van der Waals surface area contributed by atoms with Gasteiger partial charge in [-0.15, -0.1) is 10.2 Å². The van der Waals surface area contributed by atoms with Crippen molar-refractivity contribution in [3.05, 3.63) is 42.2 Å². The molecule has 2 aromatic rings. The van der Waals surface area contributed by atoms with Gasteiger partial charge in [-0.1, -0.05) is 6.07 Å². The number of anilines is 2. The average molecular weight is 293 g/mol. The highest BCUT2D eigenvalue weighted by atomic mass is 32.2. The summed E-state index contributed by atoms with van der Waals surface area (Å²) in [6.07, 6.45) is 1.71. The summed E-state index contributed by atoms with van der Waals surface area (Å²) in [4.78, 5) is 4.17. The van der Waals surface area contributed by atoms with E-state index in [-0.39, 0.29) is 11.6 Å². The van der Waals surface area contributed by atoms with Crippen LogP contribution in [0.1, 0.15) is 12.6 Å². The topological polar surface area (TPSA) is 96.9 Å². The van der Waals surface area contributed by atoms with Gasteiger partial charge in [0.05, 0.1) is 18.0 Å². The fraction of sp³-hybridized carbons (Fsp3) is 0.250. The molecule has 0 atom stereocenters. The summed E-state index contributed by atoms with van der Waals surface area (Å²) < 4.78 is 25.1. The van der Waals surface area contributed by atoms with Crippen LogP contribution in [0.2, 0.25) is 0 Å². The fourth-order valence-corrected chi connectivity index (χ4v) is 1.97. The van der Waals surface area contributed by atoms with Crippen molar-refractivity contribution in [1.29, 1.82) is 0 Å². The van der Waals surface area contributed by atoms with E-state index < -0.39 is 10.0 Å². The minimum absolute atomic E-state index is 0.00560. The highest BCUT2D eigenvalue weighted by molar-refractivity contribution is 7.92. The van der Waals surface area contributed by atoms with Gasteiger partial charge in [-0.3, -0.25) is 9.71 Å². The molecule has 0 aliphatic rings. The molecule has 0 unspecified atom stereocenters. The first-order valence-corrected chi connectivity index (χ1v) is 7.72. The quantitative estimate of drug-likeness (QED) is 0.832. The molecular weight excluding hydrogens is 278 g/mol. The summed E-state index contributed by atoms with van der Waals surface area (Å²) in [5, 5.41) is 10.7. The predicted molar refractivity (Wildman–Crippen MR) is 76.7 cm³/mol. The summed E-state index contributed by atoms with van der Waals surface area (Å²) in [5.41, 5.74) is 0.880. The van der Waals surface area contributed by atoms with Crippen molar-refractivity contribution in [3.8, 4) is 0 Å². The minimum atomic E-state index is -3.32. The minimum Gasteiger partial charge on any atom is -0.363 e. The average Bonchev–Trinajstić information content (AvgIpc) is 2.47. The molecule has 0 radical (unpaired) electrons. The van der Waals surface area contributed by atoms with Crippen molar-refractivity contribution in [2.24, 2.45) is 0 Å². The number of hydrogen-bond acceptors (Lipinski definition) is 6. The van der Waals surface area contributed by atoms with Gasteiger partial charge in [0.25, 0.3) is 0 Å². The molecule has 0 amide bonds. The molecule has 20 heavy (non-hydrogen) atoms. The Morgan fingerprint density at radius 3 is 2.45 bits per heavy atom. The van der Waals surface area contributed by atoms with Crippen molar-refractivity contribution >= 4 is 21.7 Å². The van der Waals surface area contributed by atoms with Crippen molar-refractivity contribution < 1.29 is 8.42 Å². The van der Waals surface area contributed by atoms with Gasteiger partial charge in [0.2, 0.25) is 10.0 Å². The zero-order valence-electron chi connectivity index (χ0n) is 10.9. The van der Waals surface area contributed by atoms with Gasteiger partial charge in [-0.25, -0.2) is 8.42 Å². The zero-order valence-corrected chi connectivity index (χ0v) is 11.8. The SMILES string of the molecule is CCS(=O)(=O)Nc1ccc(NCc2ccccn2)nn1. The molecule has 0 saturated carbocycles. The second kappa shape index (κ2) is 6.29. The molecule has 0 fully saturated rings. The molecular formula is C12H15N5O2S. The molecule has 2 rings (SSSR count). The molecule has 0 aliphatic heterocycles. The van der Waals surface area contributed by atoms with Gasteiger partial charge < -0.3 is 5.32 Å². The molecule has 2 aromatic heterocycles. The lowest BCUT2D eigenvalue weighted by atomic mass is 10.3. The van der Waals surface area contributed by atoms with E-state index in [9.17, 15) is 8.42 Å². The number of rotatable bonds is 6. The maximum atomic E-state index is 11.4. The molecule has 0 aliphatic carbocycles. The van der Waals surface area contributed by atoms with E-state index in [1.54, 1.807) is 25.3 Å². The van der Waals surface area contributed by atoms with Crippen molar-refractivity contribution in [2.75, 3.05) is 15.8 Å². The van der Waals surface area contributed by atoms with Crippen LogP contribution in [0.5, 0.6) is 0 Å². The van der Waals surface area contributed by atoms with Crippen LogP contribution >= 0.6 is 0 Å². The molecule has 0 saturated heterocycles. The van der Waals surface area contributed by atoms with Gasteiger partial charge in [0.15, 0.2) is 5.82 Å². The van der Waals surface area contributed by atoms with Gasteiger partial charge in [-0.2, -0.15) is 0 Å². The van der Waals surface area contributed by atoms with Crippen LogP contribution < -0.4 is 10.0 Å². The zero-order chi connectivity index (χ0) is 14.4. The van der Waals surface area contributed by atoms with E-state index in [4.69, 9.17) is 0 Å². The van der Waals surface area contributed by atoms with E-state index >= 15 is 0 Å². The van der Waals surface area contributed by atoms with Crippen LogP contribution in [0.4, 0.5) is 11.6 Å². The second-order valence-electron chi connectivity index (χ2n) is 3.98. The van der Waals surface area contributed by atoms with Crippen LogP contribution in [0.25, 0.3) is 0 Å². The van der Waals surface area contributed by atoms with Crippen molar-refractivity contribution in [3.63, 3.8) is 0 Å². The summed E-state index contributed by atoms with van der Waals surface area (Å²) in [6, 6.07) is 8.85. The van der Waals surface area contributed by atoms with Gasteiger partial charge in [-0.05, 0) is 31.2 Å². The molecule has 0 bridgehead atoms. The molecule has 0 spiro atoms.